The number of hydrogen-bond acceptors (Lipinski definition) is 3. The summed E-state index contributed by atoms with van der Waals surface area (Å²) in [6, 6.07) is 0.671. The first-order valence-electron chi connectivity index (χ1n) is 7.13. The van der Waals surface area contributed by atoms with Crippen LogP contribution < -0.4 is 5.32 Å². The molecule has 0 aromatic heterocycles. The second-order valence-electron chi connectivity index (χ2n) is 4.46. The number of unbranched alkanes of at least 4 members (excludes halogenated alkanes) is 2. The first kappa shape index (κ1) is 16.4. The number of nitrogens with one attached hydrogen (secondary N) is 1. The third-order valence-electron chi connectivity index (χ3n) is 2.93. The molecule has 0 fully saturated rings. The molecule has 0 radical (unpaired) electrons. The second-order valence-corrected chi connectivity index (χ2v) is 4.46. The molecule has 1 atom stereocenters. The monoisotopic (exact) mass is 243 g/mol. The number of carbonyl (C=O) groups excluding carboxylic acids is 1. The summed E-state index contributed by atoms with van der Waals surface area (Å²) in [4.78, 5) is 11.1. The van der Waals surface area contributed by atoms with Gasteiger partial charge in [-0.05, 0) is 39.2 Å². The molecule has 0 bridgehead atoms. The maximum Gasteiger partial charge on any atom is 0.305 e. The van der Waals surface area contributed by atoms with E-state index in [0.717, 1.165) is 25.8 Å². The third-order valence-corrected chi connectivity index (χ3v) is 2.93. The van der Waals surface area contributed by atoms with Gasteiger partial charge in [-0.15, -0.1) is 0 Å². The average Bonchev–Trinajstić information content (AvgIpc) is 2.32. The second kappa shape index (κ2) is 11.9. The molecular weight excluding hydrogens is 214 g/mol. The fourth-order valence-electron chi connectivity index (χ4n) is 1.91. The van der Waals surface area contributed by atoms with E-state index in [2.05, 4.69) is 19.2 Å². The minimum atomic E-state index is -0.0575. The van der Waals surface area contributed by atoms with E-state index in [1.165, 1.54) is 19.3 Å². The van der Waals surface area contributed by atoms with E-state index in [1.54, 1.807) is 0 Å². The van der Waals surface area contributed by atoms with E-state index in [4.69, 9.17) is 4.74 Å². The van der Waals surface area contributed by atoms with Crippen LogP contribution in [0, 0.1) is 0 Å². The summed E-state index contributed by atoms with van der Waals surface area (Å²) in [5.74, 6) is -0.0575. The topological polar surface area (TPSA) is 38.3 Å². The highest BCUT2D eigenvalue weighted by Gasteiger charge is 2.03. The van der Waals surface area contributed by atoms with Crippen LogP contribution >= 0.6 is 0 Å². The molecule has 3 nitrogen and oxygen atoms in total. The molecule has 0 saturated carbocycles. The zero-order chi connectivity index (χ0) is 12.9. The van der Waals surface area contributed by atoms with Crippen LogP contribution in [0.2, 0.25) is 0 Å². The zero-order valence-corrected chi connectivity index (χ0v) is 11.8. The molecule has 0 saturated heterocycles. The number of hydrogen-bond donors (Lipinski definition) is 1. The van der Waals surface area contributed by atoms with Crippen LogP contribution in [0.5, 0.6) is 0 Å². The Kier molecular flexibility index (Phi) is 11.5. The molecule has 17 heavy (non-hydrogen) atoms. The van der Waals surface area contributed by atoms with Crippen molar-refractivity contribution in [3.05, 3.63) is 0 Å². The van der Waals surface area contributed by atoms with E-state index < -0.39 is 0 Å². The molecular formula is C14H29NO2. The fourth-order valence-corrected chi connectivity index (χ4v) is 1.91. The van der Waals surface area contributed by atoms with Gasteiger partial charge in [0.25, 0.3) is 0 Å². The van der Waals surface area contributed by atoms with Crippen molar-refractivity contribution in [1.82, 2.24) is 5.32 Å². The molecule has 0 aliphatic carbocycles. The largest absolute Gasteiger partial charge is 0.466 e. The van der Waals surface area contributed by atoms with Crippen molar-refractivity contribution in [2.45, 2.75) is 71.8 Å². The molecule has 1 N–H and O–H groups in total. The lowest BCUT2D eigenvalue weighted by Crippen LogP contribution is -2.29. The van der Waals surface area contributed by atoms with Crippen LogP contribution in [0.1, 0.15) is 65.7 Å². The van der Waals surface area contributed by atoms with Crippen LogP contribution in [0.15, 0.2) is 0 Å². The lowest BCUT2D eigenvalue weighted by atomic mass is 10.1. The Bertz CT molecular complexity index is 183. The molecule has 0 spiro atoms. The summed E-state index contributed by atoms with van der Waals surface area (Å²) in [5, 5.41) is 3.57. The number of esters is 1. The average molecular weight is 243 g/mol. The van der Waals surface area contributed by atoms with Gasteiger partial charge in [0.1, 0.15) is 0 Å². The first-order valence-corrected chi connectivity index (χ1v) is 7.13. The van der Waals surface area contributed by atoms with Gasteiger partial charge in [-0.25, -0.2) is 0 Å². The summed E-state index contributed by atoms with van der Waals surface area (Å²) >= 11 is 0. The number of rotatable bonds is 11. The molecule has 0 aliphatic heterocycles. The Balaban J connectivity index is 3.30. The minimum absolute atomic E-state index is 0.0575. The first-order chi connectivity index (χ1) is 8.24. The fraction of sp³-hybridized carbons (Fsp3) is 0.929. The number of ether oxygens (including phenoxy) is 1. The number of carbonyl (C=O) groups is 1. The van der Waals surface area contributed by atoms with Crippen LogP contribution in [0.3, 0.4) is 0 Å². The Hall–Kier alpha value is -0.570. The van der Waals surface area contributed by atoms with Gasteiger partial charge < -0.3 is 10.1 Å². The van der Waals surface area contributed by atoms with Gasteiger partial charge in [0.15, 0.2) is 0 Å². The van der Waals surface area contributed by atoms with Gasteiger partial charge in [0.2, 0.25) is 0 Å². The van der Waals surface area contributed by atoms with Crippen molar-refractivity contribution in [2.24, 2.45) is 0 Å². The van der Waals surface area contributed by atoms with Crippen molar-refractivity contribution >= 4 is 5.97 Å². The van der Waals surface area contributed by atoms with Crippen molar-refractivity contribution < 1.29 is 9.53 Å². The van der Waals surface area contributed by atoms with Crippen molar-refractivity contribution in [3.8, 4) is 0 Å². The molecule has 0 aromatic carbocycles. The van der Waals surface area contributed by atoms with E-state index in [9.17, 15) is 4.79 Å². The lowest BCUT2D eigenvalue weighted by molar-refractivity contribution is -0.143. The molecule has 0 amide bonds. The van der Waals surface area contributed by atoms with E-state index in [-0.39, 0.29) is 5.97 Å². The van der Waals surface area contributed by atoms with E-state index in [0.29, 0.717) is 19.1 Å². The smallest absolute Gasteiger partial charge is 0.305 e. The van der Waals surface area contributed by atoms with Crippen LogP contribution in [-0.4, -0.2) is 25.2 Å². The van der Waals surface area contributed by atoms with Gasteiger partial charge in [-0.3, -0.25) is 4.79 Å². The summed E-state index contributed by atoms with van der Waals surface area (Å²) in [7, 11) is 0. The zero-order valence-electron chi connectivity index (χ0n) is 11.8. The molecule has 0 heterocycles. The Morgan fingerprint density at radius 2 is 1.94 bits per heavy atom. The van der Waals surface area contributed by atoms with Gasteiger partial charge in [-0.1, -0.05) is 26.7 Å². The van der Waals surface area contributed by atoms with E-state index >= 15 is 0 Å². The summed E-state index contributed by atoms with van der Waals surface area (Å²) in [6.45, 7) is 7.87. The predicted octanol–water partition coefficient (Wildman–Crippen LogP) is 3.28. The third kappa shape index (κ3) is 10.3. The highest BCUT2D eigenvalue weighted by atomic mass is 16.5. The van der Waals surface area contributed by atoms with Crippen LogP contribution in [0.4, 0.5) is 0 Å². The lowest BCUT2D eigenvalue weighted by Gasteiger charge is -2.15. The maximum atomic E-state index is 11.1. The van der Waals surface area contributed by atoms with Gasteiger partial charge in [0.05, 0.1) is 6.61 Å². The highest BCUT2D eigenvalue weighted by Crippen LogP contribution is 2.03. The molecule has 0 aromatic rings. The quantitative estimate of drug-likeness (QED) is 0.447. The van der Waals surface area contributed by atoms with Crippen molar-refractivity contribution in [2.75, 3.05) is 13.2 Å². The highest BCUT2D eigenvalue weighted by molar-refractivity contribution is 5.69. The SMILES string of the molecule is CCCC(CC)NCCCCCC(=O)OCC. The molecule has 0 rings (SSSR count). The predicted molar refractivity (Wildman–Crippen MR) is 72.1 cm³/mol. The summed E-state index contributed by atoms with van der Waals surface area (Å²) in [5.41, 5.74) is 0. The Morgan fingerprint density at radius 3 is 2.53 bits per heavy atom. The Morgan fingerprint density at radius 1 is 1.18 bits per heavy atom. The van der Waals surface area contributed by atoms with Gasteiger partial charge in [-0.2, -0.15) is 0 Å². The maximum absolute atomic E-state index is 11.1. The normalized spacial score (nSPS) is 12.4. The molecule has 0 aliphatic rings. The standard InChI is InChI=1S/C14H29NO2/c1-4-10-13(5-2)15-12-9-7-8-11-14(16)17-6-3/h13,15H,4-12H2,1-3H3. The molecule has 1 unspecified atom stereocenters. The minimum Gasteiger partial charge on any atom is -0.466 e. The van der Waals surface area contributed by atoms with Crippen LogP contribution in [0.25, 0.3) is 0 Å². The summed E-state index contributed by atoms with van der Waals surface area (Å²) < 4.78 is 4.88. The van der Waals surface area contributed by atoms with E-state index in [1.807, 2.05) is 6.92 Å². The molecule has 3 heteroatoms. The van der Waals surface area contributed by atoms with Crippen LogP contribution in [-0.2, 0) is 9.53 Å². The van der Waals surface area contributed by atoms with Gasteiger partial charge in [0, 0.05) is 12.5 Å². The Labute approximate surface area is 106 Å². The van der Waals surface area contributed by atoms with Crippen molar-refractivity contribution in [3.63, 3.8) is 0 Å². The van der Waals surface area contributed by atoms with Gasteiger partial charge >= 0.3 is 5.97 Å². The molecule has 102 valence electrons. The van der Waals surface area contributed by atoms with Crippen molar-refractivity contribution in [1.29, 1.82) is 0 Å². The summed E-state index contributed by atoms with van der Waals surface area (Å²) in [6.07, 6.45) is 7.49.